The van der Waals surface area contributed by atoms with E-state index >= 15 is 0 Å². The molecule has 2 saturated heterocycles. The van der Waals surface area contributed by atoms with Crippen LogP contribution in [0, 0.1) is 0 Å². The zero-order chi connectivity index (χ0) is 26.2. The van der Waals surface area contributed by atoms with E-state index in [1.807, 2.05) is 18.2 Å². The molecule has 2 aliphatic heterocycles. The summed E-state index contributed by atoms with van der Waals surface area (Å²) in [7, 11) is 0. The predicted molar refractivity (Wildman–Crippen MR) is 139 cm³/mol. The minimum absolute atomic E-state index is 0.115. The van der Waals surface area contributed by atoms with E-state index < -0.39 is 31.4 Å². The molecule has 37 heavy (non-hydrogen) atoms. The molecule has 3 aromatic rings. The second kappa shape index (κ2) is 10.5. The van der Waals surface area contributed by atoms with Crippen LogP contribution in [0.2, 0.25) is 5.02 Å². The molecule has 3 heterocycles. The molecule has 2 aliphatic rings. The number of piperazine rings is 1. The van der Waals surface area contributed by atoms with E-state index in [1.165, 1.54) is 12.3 Å². The highest BCUT2D eigenvalue weighted by Gasteiger charge is 2.43. The number of piperidine rings is 1. The third kappa shape index (κ3) is 5.57. The van der Waals surface area contributed by atoms with Gasteiger partial charge in [0, 0.05) is 67.3 Å². The van der Waals surface area contributed by atoms with E-state index in [9.17, 15) is 17.6 Å². The molecule has 0 radical (unpaired) electrons. The van der Waals surface area contributed by atoms with Gasteiger partial charge in [0.15, 0.2) is 0 Å². The highest BCUT2D eigenvalue weighted by atomic mass is 35.5. The van der Waals surface area contributed by atoms with Gasteiger partial charge < -0.3 is 14.7 Å². The smallest absolute Gasteiger partial charge is 0.280 e. The highest BCUT2D eigenvalue weighted by molar-refractivity contribution is 6.31. The average Bonchev–Trinajstić information content (AvgIpc) is 3.39. The molecule has 2 fully saturated rings. The van der Waals surface area contributed by atoms with Crippen LogP contribution in [0.5, 0.6) is 0 Å². The maximum Gasteiger partial charge on any atom is 0.280 e. The standard InChI is InChI=1S/C27H30ClF4N5/c1-2-34-11-13-35(14-12-34)21-6-3-19(4-7-21)23-8-5-20(28)15-25(23)36-17-22(16-27(31,32)18-36)37-24(26(29)30)9-10-33-37/h3-10,15,22,26H,2,11-14,16-18H2,1H3. The number of rotatable bonds is 6. The number of hydrogen-bond donors (Lipinski definition) is 0. The van der Waals surface area contributed by atoms with E-state index in [1.54, 1.807) is 17.0 Å². The number of nitrogens with zero attached hydrogens (tertiary/aromatic N) is 5. The first kappa shape index (κ1) is 25.9. The Morgan fingerprint density at radius 1 is 1.00 bits per heavy atom. The van der Waals surface area contributed by atoms with Crippen molar-refractivity contribution >= 4 is 23.0 Å². The van der Waals surface area contributed by atoms with Gasteiger partial charge in [-0.2, -0.15) is 5.10 Å². The quantitative estimate of drug-likeness (QED) is 0.343. The monoisotopic (exact) mass is 535 g/mol. The zero-order valence-electron chi connectivity index (χ0n) is 20.6. The maximum absolute atomic E-state index is 14.9. The van der Waals surface area contributed by atoms with Crippen molar-refractivity contribution in [1.82, 2.24) is 14.7 Å². The number of aromatic nitrogens is 2. The van der Waals surface area contributed by atoms with Crippen LogP contribution >= 0.6 is 11.6 Å². The summed E-state index contributed by atoms with van der Waals surface area (Å²) in [6.07, 6.45) is -2.12. The summed E-state index contributed by atoms with van der Waals surface area (Å²) in [5.74, 6) is -3.08. The van der Waals surface area contributed by atoms with Crippen LogP contribution in [0.15, 0.2) is 54.7 Å². The van der Waals surface area contributed by atoms with Gasteiger partial charge in [-0.15, -0.1) is 0 Å². The lowest BCUT2D eigenvalue weighted by Gasteiger charge is -2.40. The molecule has 0 saturated carbocycles. The topological polar surface area (TPSA) is 27.5 Å². The third-order valence-electron chi connectivity index (χ3n) is 7.32. The second-order valence-electron chi connectivity index (χ2n) is 9.73. The van der Waals surface area contributed by atoms with E-state index in [4.69, 9.17) is 11.6 Å². The zero-order valence-corrected chi connectivity index (χ0v) is 21.4. The summed E-state index contributed by atoms with van der Waals surface area (Å²) in [6.45, 7) is 6.76. The van der Waals surface area contributed by atoms with Crippen molar-refractivity contribution in [2.45, 2.75) is 31.7 Å². The lowest BCUT2D eigenvalue weighted by molar-refractivity contribution is -0.0298. The molecule has 0 N–H and O–H groups in total. The molecule has 1 unspecified atom stereocenters. The molecule has 1 aromatic heterocycles. The summed E-state index contributed by atoms with van der Waals surface area (Å²) in [5, 5.41) is 4.38. The molecule has 5 nitrogen and oxygen atoms in total. The van der Waals surface area contributed by atoms with E-state index in [0.29, 0.717) is 10.7 Å². The largest absolute Gasteiger partial charge is 0.369 e. The van der Waals surface area contributed by atoms with Crippen molar-refractivity contribution in [3.8, 4) is 11.1 Å². The molecule has 5 rings (SSSR count). The number of halogens is 5. The Morgan fingerprint density at radius 3 is 2.41 bits per heavy atom. The fraction of sp³-hybridized carbons (Fsp3) is 0.444. The molecular formula is C27H30ClF4N5. The normalized spacial score (nSPS) is 20.6. The van der Waals surface area contributed by atoms with Crippen LogP contribution in [0.1, 0.15) is 31.5 Å². The van der Waals surface area contributed by atoms with Crippen molar-refractivity contribution in [3.05, 3.63) is 65.4 Å². The SMILES string of the molecule is CCN1CCN(c2ccc(-c3ccc(Cl)cc3N3CC(n4nccc4C(F)F)CC(F)(F)C3)cc2)CC1. The van der Waals surface area contributed by atoms with Crippen LogP contribution in [-0.4, -0.2) is 66.4 Å². The Bertz CT molecular complexity index is 1210. The third-order valence-corrected chi connectivity index (χ3v) is 7.56. The first-order valence-electron chi connectivity index (χ1n) is 12.6. The Balaban J connectivity index is 1.43. The summed E-state index contributed by atoms with van der Waals surface area (Å²) >= 11 is 6.31. The molecule has 0 spiro atoms. The number of benzene rings is 2. The van der Waals surface area contributed by atoms with Crippen LogP contribution in [0.4, 0.5) is 28.9 Å². The fourth-order valence-electron chi connectivity index (χ4n) is 5.41. The van der Waals surface area contributed by atoms with Crippen LogP contribution in [0.3, 0.4) is 0 Å². The molecule has 0 aliphatic carbocycles. The van der Waals surface area contributed by atoms with Gasteiger partial charge in [-0.25, -0.2) is 17.6 Å². The summed E-state index contributed by atoms with van der Waals surface area (Å²) < 4.78 is 57.9. The van der Waals surface area contributed by atoms with Crippen molar-refractivity contribution in [2.24, 2.45) is 0 Å². The Morgan fingerprint density at radius 2 is 1.73 bits per heavy atom. The van der Waals surface area contributed by atoms with Gasteiger partial charge in [0.2, 0.25) is 0 Å². The lowest BCUT2D eigenvalue weighted by atomic mass is 9.97. The molecule has 1 atom stereocenters. The average molecular weight is 536 g/mol. The Hall–Kier alpha value is -2.78. The molecular weight excluding hydrogens is 506 g/mol. The molecule has 198 valence electrons. The first-order chi connectivity index (χ1) is 17.7. The lowest BCUT2D eigenvalue weighted by Crippen LogP contribution is -2.48. The van der Waals surface area contributed by atoms with Crippen LogP contribution < -0.4 is 9.80 Å². The van der Waals surface area contributed by atoms with E-state index in [0.717, 1.165) is 54.2 Å². The van der Waals surface area contributed by atoms with Crippen LogP contribution in [-0.2, 0) is 0 Å². The second-order valence-corrected chi connectivity index (χ2v) is 10.2. The summed E-state index contributed by atoms with van der Waals surface area (Å²) in [6, 6.07) is 13.6. The minimum atomic E-state index is -3.08. The van der Waals surface area contributed by atoms with Crippen molar-refractivity contribution < 1.29 is 17.6 Å². The molecule has 2 aromatic carbocycles. The number of hydrogen-bond acceptors (Lipinski definition) is 4. The first-order valence-corrected chi connectivity index (χ1v) is 12.9. The fourth-order valence-corrected chi connectivity index (χ4v) is 5.57. The Kier molecular flexibility index (Phi) is 7.36. The minimum Gasteiger partial charge on any atom is -0.369 e. The molecule has 0 bridgehead atoms. The van der Waals surface area contributed by atoms with Gasteiger partial charge in [0.05, 0.1) is 12.6 Å². The number of likely N-dealkylation sites (N-methyl/N-ethyl adjacent to an activating group) is 1. The van der Waals surface area contributed by atoms with E-state index in [2.05, 4.69) is 34.0 Å². The Labute approximate surface area is 219 Å². The number of alkyl halides is 4. The van der Waals surface area contributed by atoms with Gasteiger partial charge in [0.1, 0.15) is 5.69 Å². The van der Waals surface area contributed by atoms with Gasteiger partial charge in [0.25, 0.3) is 12.3 Å². The van der Waals surface area contributed by atoms with Crippen molar-refractivity contribution in [2.75, 3.05) is 55.6 Å². The van der Waals surface area contributed by atoms with Gasteiger partial charge in [-0.3, -0.25) is 4.68 Å². The maximum atomic E-state index is 14.9. The predicted octanol–water partition coefficient (Wildman–Crippen LogP) is 6.37. The summed E-state index contributed by atoms with van der Waals surface area (Å²) in [4.78, 5) is 6.31. The molecule has 10 heteroatoms. The molecule has 0 amide bonds. The van der Waals surface area contributed by atoms with Gasteiger partial charge in [-0.1, -0.05) is 36.7 Å². The van der Waals surface area contributed by atoms with Crippen molar-refractivity contribution in [3.63, 3.8) is 0 Å². The van der Waals surface area contributed by atoms with Gasteiger partial charge in [-0.05, 0) is 42.4 Å². The number of anilines is 2. The van der Waals surface area contributed by atoms with E-state index in [-0.39, 0.29) is 12.2 Å². The van der Waals surface area contributed by atoms with Gasteiger partial charge >= 0.3 is 0 Å². The van der Waals surface area contributed by atoms with Crippen LogP contribution in [0.25, 0.3) is 11.1 Å². The highest BCUT2D eigenvalue weighted by Crippen LogP contribution is 2.41. The summed E-state index contributed by atoms with van der Waals surface area (Å²) in [5.41, 5.74) is 2.95. The van der Waals surface area contributed by atoms with Crippen molar-refractivity contribution in [1.29, 1.82) is 0 Å².